The molecule has 1 unspecified atom stereocenters. The zero-order chi connectivity index (χ0) is 18.1. The Morgan fingerprint density at radius 2 is 2.00 bits per heavy atom. The number of amides is 2. The minimum absolute atomic E-state index is 0.0523. The van der Waals surface area contributed by atoms with Crippen molar-refractivity contribution in [2.45, 2.75) is 19.6 Å². The van der Waals surface area contributed by atoms with Crippen LogP contribution in [0.15, 0.2) is 48.8 Å². The highest BCUT2D eigenvalue weighted by Gasteiger charge is 2.17. The first kappa shape index (κ1) is 18.9. The highest BCUT2D eigenvalue weighted by Crippen LogP contribution is 2.19. The van der Waals surface area contributed by atoms with Crippen molar-refractivity contribution in [1.29, 1.82) is 0 Å². The third-order valence-corrected chi connectivity index (χ3v) is 3.97. The van der Waals surface area contributed by atoms with Crippen LogP contribution in [0.2, 0.25) is 0 Å². The van der Waals surface area contributed by atoms with Gasteiger partial charge in [-0.25, -0.2) is 4.79 Å². The molecular formula is C19H25N3O3. The Labute approximate surface area is 148 Å². The molecule has 0 aliphatic rings. The van der Waals surface area contributed by atoms with Crippen LogP contribution >= 0.6 is 0 Å². The van der Waals surface area contributed by atoms with Gasteiger partial charge >= 0.3 is 6.03 Å². The summed E-state index contributed by atoms with van der Waals surface area (Å²) in [7, 11) is 3.42. The molecule has 1 N–H and O–H groups in total. The highest BCUT2D eigenvalue weighted by atomic mass is 16.5. The summed E-state index contributed by atoms with van der Waals surface area (Å²) in [5.41, 5.74) is 2.78. The zero-order valence-corrected chi connectivity index (χ0v) is 14.9. The minimum Gasteiger partial charge on any atom is -0.382 e. The number of urea groups is 1. The van der Waals surface area contributed by atoms with Gasteiger partial charge < -0.3 is 19.7 Å². The summed E-state index contributed by atoms with van der Waals surface area (Å²) in [5.74, 6) is 0. The van der Waals surface area contributed by atoms with Crippen molar-refractivity contribution >= 4 is 11.7 Å². The maximum absolute atomic E-state index is 12.5. The lowest BCUT2D eigenvalue weighted by Crippen LogP contribution is -2.33. The molecule has 0 spiro atoms. The van der Waals surface area contributed by atoms with Gasteiger partial charge in [0.25, 0.3) is 0 Å². The highest BCUT2D eigenvalue weighted by molar-refractivity contribution is 5.89. The van der Waals surface area contributed by atoms with Crippen LogP contribution in [-0.4, -0.2) is 43.3 Å². The number of methoxy groups -OCH3 is 1. The average Bonchev–Trinajstić information content (AvgIpc) is 2.65. The van der Waals surface area contributed by atoms with E-state index in [2.05, 4.69) is 10.3 Å². The Morgan fingerprint density at radius 3 is 2.72 bits per heavy atom. The van der Waals surface area contributed by atoms with Gasteiger partial charge in [0.2, 0.25) is 0 Å². The summed E-state index contributed by atoms with van der Waals surface area (Å²) in [6.07, 6.45) is 3.45. The van der Waals surface area contributed by atoms with Crippen LogP contribution in [0.1, 0.15) is 24.1 Å². The monoisotopic (exact) mass is 343 g/mol. The van der Waals surface area contributed by atoms with Crippen LogP contribution in [0, 0.1) is 0 Å². The first-order chi connectivity index (χ1) is 12.1. The van der Waals surface area contributed by atoms with E-state index < -0.39 is 0 Å². The second-order valence-electron chi connectivity index (χ2n) is 5.74. The number of anilines is 1. The van der Waals surface area contributed by atoms with Crippen LogP contribution in [0.25, 0.3) is 0 Å². The Morgan fingerprint density at radius 1 is 1.24 bits per heavy atom. The van der Waals surface area contributed by atoms with Crippen molar-refractivity contribution in [3.05, 3.63) is 59.9 Å². The number of carbonyl (C=O) groups is 1. The first-order valence-electron chi connectivity index (χ1n) is 8.21. The Bertz CT molecular complexity index is 664. The van der Waals surface area contributed by atoms with Crippen molar-refractivity contribution < 1.29 is 14.3 Å². The molecule has 2 aromatic rings. The van der Waals surface area contributed by atoms with E-state index in [-0.39, 0.29) is 12.1 Å². The summed E-state index contributed by atoms with van der Waals surface area (Å²) in [6.45, 7) is 3.57. The SMILES string of the molecule is COCCOCc1cccc(NC(=O)N(C)C(C)c2ccncc2)c1. The minimum atomic E-state index is -0.165. The molecule has 0 aliphatic carbocycles. The number of benzene rings is 1. The fourth-order valence-corrected chi connectivity index (χ4v) is 2.32. The number of aromatic nitrogens is 1. The Balaban J connectivity index is 1.93. The van der Waals surface area contributed by atoms with Crippen molar-refractivity contribution in [1.82, 2.24) is 9.88 Å². The fourth-order valence-electron chi connectivity index (χ4n) is 2.32. The summed E-state index contributed by atoms with van der Waals surface area (Å²) in [4.78, 5) is 18.2. The quantitative estimate of drug-likeness (QED) is 0.746. The first-order valence-corrected chi connectivity index (χ1v) is 8.21. The molecule has 134 valence electrons. The Hall–Kier alpha value is -2.44. The van der Waals surface area contributed by atoms with Gasteiger partial charge in [0.1, 0.15) is 0 Å². The lowest BCUT2D eigenvalue weighted by molar-refractivity contribution is 0.0617. The molecule has 6 nitrogen and oxygen atoms in total. The number of ether oxygens (including phenoxy) is 2. The normalized spacial score (nSPS) is 11.8. The van der Waals surface area contributed by atoms with E-state index in [9.17, 15) is 4.79 Å². The van der Waals surface area contributed by atoms with Gasteiger partial charge in [0, 0.05) is 32.2 Å². The molecule has 25 heavy (non-hydrogen) atoms. The van der Waals surface area contributed by atoms with E-state index in [4.69, 9.17) is 9.47 Å². The second-order valence-corrected chi connectivity index (χ2v) is 5.74. The molecule has 0 fully saturated rings. The third-order valence-electron chi connectivity index (χ3n) is 3.97. The van der Waals surface area contributed by atoms with E-state index in [0.717, 1.165) is 16.8 Å². The fraction of sp³-hybridized carbons (Fsp3) is 0.368. The molecule has 0 saturated heterocycles. The predicted molar refractivity (Wildman–Crippen MR) is 97.4 cm³/mol. The van der Waals surface area contributed by atoms with Crippen molar-refractivity contribution in [3.63, 3.8) is 0 Å². The van der Waals surface area contributed by atoms with E-state index in [1.807, 2.05) is 43.3 Å². The molecule has 1 heterocycles. The number of nitrogens with one attached hydrogen (secondary N) is 1. The maximum atomic E-state index is 12.5. The van der Waals surface area contributed by atoms with Crippen molar-refractivity contribution in [3.8, 4) is 0 Å². The van der Waals surface area contributed by atoms with E-state index in [1.54, 1.807) is 31.5 Å². The molecular weight excluding hydrogens is 318 g/mol. The van der Waals surface area contributed by atoms with Crippen LogP contribution in [0.3, 0.4) is 0 Å². The molecule has 2 amide bonds. The smallest absolute Gasteiger partial charge is 0.322 e. The molecule has 0 aliphatic heterocycles. The maximum Gasteiger partial charge on any atom is 0.322 e. The van der Waals surface area contributed by atoms with Crippen LogP contribution in [-0.2, 0) is 16.1 Å². The molecule has 1 aromatic heterocycles. The number of hydrogen-bond donors (Lipinski definition) is 1. The standard InChI is InChI=1S/C19H25N3O3/c1-15(17-7-9-20-10-8-17)22(2)19(23)21-18-6-4-5-16(13-18)14-25-12-11-24-3/h4-10,13,15H,11-12,14H2,1-3H3,(H,21,23). The Kier molecular flexibility index (Phi) is 7.37. The number of pyridine rings is 1. The summed E-state index contributed by atoms with van der Waals surface area (Å²) in [6, 6.07) is 11.2. The summed E-state index contributed by atoms with van der Waals surface area (Å²) >= 11 is 0. The van der Waals surface area contributed by atoms with E-state index >= 15 is 0 Å². The lowest BCUT2D eigenvalue weighted by Gasteiger charge is -2.25. The van der Waals surface area contributed by atoms with Crippen molar-refractivity contribution in [2.24, 2.45) is 0 Å². The predicted octanol–water partition coefficient (Wildman–Crippen LogP) is 3.47. The molecule has 1 aromatic carbocycles. The average molecular weight is 343 g/mol. The molecule has 2 rings (SSSR count). The second kappa shape index (κ2) is 9.76. The van der Waals surface area contributed by atoms with Gasteiger partial charge in [-0.2, -0.15) is 0 Å². The van der Waals surface area contributed by atoms with Gasteiger partial charge in [-0.05, 0) is 42.3 Å². The number of nitrogens with zero attached hydrogens (tertiary/aromatic N) is 2. The molecule has 0 saturated carbocycles. The zero-order valence-electron chi connectivity index (χ0n) is 14.9. The molecule has 1 atom stereocenters. The van der Waals surface area contributed by atoms with Gasteiger partial charge in [0.05, 0.1) is 25.9 Å². The summed E-state index contributed by atoms with van der Waals surface area (Å²) in [5, 5.41) is 2.93. The van der Waals surface area contributed by atoms with Crippen LogP contribution in [0.4, 0.5) is 10.5 Å². The topological polar surface area (TPSA) is 63.7 Å². The van der Waals surface area contributed by atoms with E-state index in [0.29, 0.717) is 19.8 Å². The molecule has 6 heteroatoms. The van der Waals surface area contributed by atoms with Gasteiger partial charge in [0.15, 0.2) is 0 Å². The van der Waals surface area contributed by atoms with Crippen molar-refractivity contribution in [2.75, 3.05) is 32.7 Å². The van der Waals surface area contributed by atoms with Crippen LogP contribution < -0.4 is 5.32 Å². The van der Waals surface area contributed by atoms with Gasteiger partial charge in [-0.1, -0.05) is 12.1 Å². The van der Waals surface area contributed by atoms with Gasteiger partial charge in [-0.3, -0.25) is 4.98 Å². The summed E-state index contributed by atoms with van der Waals surface area (Å²) < 4.78 is 10.5. The number of carbonyl (C=O) groups excluding carboxylic acids is 1. The molecule has 0 bridgehead atoms. The third kappa shape index (κ3) is 5.85. The molecule has 0 radical (unpaired) electrons. The van der Waals surface area contributed by atoms with Gasteiger partial charge in [-0.15, -0.1) is 0 Å². The largest absolute Gasteiger partial charge is 0.382 e. The lowest BCUT2D eigenvalue weighted by atomic mass is 10.1. The van der Waals surface area contributed by atoms with E-state index in [1.165, 1.54) is 0 Å². The number of hydrogen-bond acceptors (Lipinski definition) is 4. The number of rotatable bonds is 8. The van der Waals surface area contributed by atoms with Crippen LogP contribution in [0.5, 0.6) is 0 Å².